The number of nitrogens with one attached hydrogen (secondary N) is 2. The maximum atomic E-state index is 12.4. The average molecular weight is 354 g/mol. The van der Waals surface area contributed by atoms with E-state index in [2.05, 4.69) is 10.0 Å². The standard InChI is InChI=1S/C16H22N2O5S/c1-10(2)7-12(16(20)21)9-18-24(22,23)13-4-3-11-5-6-17-15(19)14(11)8-13/h3-4,8,10,12,18H,5-7,9H2,1-2H3,(H,17,19)(H,20,21). The molecule has 8 heteroatoms. The second kappa shape index (κ2) is 7.31. The fraction of sp³-hybridized carbons (Fsp3) is 0.500. The minimum Gasteiger partial charge on any atom is -0.481 e. The summed E-state index contributed by atoms with van der Waals surface area (Å²) in [5.41, 5.74) is 1.15. The summed E-state index contributed by atoms with van der Waals surface area (Å²) in [5, 5.41) is 11.9. The Morgan fingerprint density at radius 3 is 2.71 bits per heavy atom. The van der Waals surface area contributed by atoms with Crippen LogP contribution in [0.1, 0.15) is 36.2 Å². The molecular formula is C16H22N2O5S. The van der Waals surface area contributed by atoms with Gasteiger partial charge in [-0.1, -0.05) is 19.9 Å². The summed E-state index contributed by atoms with van der Waals surface area (Å²) in [6, 6.07) is 4.41. The predicted molar refractivity (Wildman–Crippen MR) is 88.2 cm³/mol. The van der Waals surface area contributed by atoms with E-state index in [0.717, 1.165) is 5.56 Å². The molecule has 0 aliphatic carbocycles. The number of benzene rings is 1. The Hall–Kier alpha value is -1.93. The zero-order valence-corrected chi connectivity index (χ0v) is 14.5. The molecule has 1 unspecified atom stereocenters. The van der Waals surface area contributed by atoms with E-state index < -0.39 is 21.9 Å². The van der Waals surface area contributed by atoms with Crippen LogP contribution in [-0.4, -0.2) is 38.5 Å². The van der Waals surface area contributed by atoms with Gasteiger partial charge < -0.3 is 10.4 Å². The highest BCUT2D eigenvalue weighted by Gasteiger charge is 2.24. The number of sulfonamides is 1. The lowest BCUT2D eigenvalue weighted by atomic mass is 9.98. The summed E-state index contributed by atoms with van der Waals surface area (Å²) in [6.45, 7) is 4.11. The molecule has 0 saturated carbocycles. The summed E-state index contributed by atoms with van der Waals surface area (Å²) in [6.07, 6.45) is 1.04. The SMILES string of the molecule is CC(C)CC(CNS(=O)(=O)c1ccc2c(c1)C(=O)NCC2)C(=O)O. The number of fused-ring (bicyclic) bond motifs is 1. The largest absolute Gasteiger partial charge is 0.481 e. The molecule has 1 heterocycles. The molecule has 1 aromatic carbocycles. The highest BCUT2D eigenvalue weighted by atomic mass is 32.2. The quantitative estimate of drug-likeness (QED) is 0.676. The number of amides is 1. The third-order valence-corrected chi connectivity index (χ3v) is 5.36. The number of carbonyl (C=O) groups excluding carboxylic acids is 1. The van der Waals surface area contributed by atoms with Crippen molar-refractivity contribution in [1.82, 2.24) is 10.0 Å². The van der Waals surface area contributed by atoms with Gasteiger partial charge in [-0.05, 0) is 36.5 Å². The molecule has 132 valence electrons. The van der Waals surface area contributed by atoms with E-state index in [0.29, 0.717) is 24.9 Å². The molecule has 0 radical (unpaired) electrons. The van der Waals surface area contributed by atoms with E-state index >= 15 is 0 Å². The molecule has 0 spiro atoms. The van der Waals surface area contributed by atoms with Crippen LogP contribution >= 0.6 is 0 Å². The summed E-state index contributed by atoms with van der Waals surface area (Å²) < 4.78 is 27.1. The Bertz CT molecular complexity index is 743. The van der Waals surface area contributed by atoms with Gasteiger partial charge in [-0.25, -0.2) is 13.1 Å². The van der Waals surface area contributed by atoms with E-state index in [-0.39, 0.29) is 23.3 Å². The first-order valence-corrected chi connectivity index (χ1v) is 9.32. The van der Waals surface area contributed by atoms with Crippen molar-refractivity contribution in [1.29, 1.82) is 0 Å². The fourth-order valence-electron chi connectivity index (χ4n) is 2.69. The lowest BCUT2D eigenvalue weighted by Crippen LogP contribution is -2.35. The van der Waals surface area contributed by atoms with Gasteiger partial charge in [0.15, 0.2) is 0 Å². The minimum absolute atomic E-state index is 0.0352. The number of hydrogen-bond acceptors (Lipinski definition) is 4. The smallest absolute Gasteiger partial charge is 0.307 e. The summed E-state index contributed by atoms with van der Waals surface area (Å²) in [5.74, 6) is -1.98. The maximum Gasteiger partial charge on any atom is 0.307 e. The van der Waals surface area contributed by atoms with Gasteiger partial charge in [-0.2, -0.15) is 0 Å². The van der Waals surface area contributed by atoms with Crippen LogP contribution in [0.15, 0.2) is 23.1 Å². The van der Waals surface area contributed by atoms with Gasteiger partial charge in [0.1, 0.15) is 0 Å². The predicted octanol–water partition coefficient (Wildman–Crippen LogP) is 0.998. The second-order valence-electron chi connectivity index (χ2n) is 6.34. The van der Waals surface area contributed by atoms with Crippen molar-refractivity contribution in [3.05, 3.63) is 29.3 Å². The van der Waals surface area contributed by atoms with Crippen LogP contribution in [0.25, 0.3) is 0 Å². The third kappa shape index (κ3) is 4.33. The maximum absolute atomic E-state index is 12.4. The van der Waals surface area contributed by atoms with Crippen LogP contribution in [0.4, 0.5) is 0 Å². The molecule has 0 bridgehead atoms. The Kier molecular flexibility index (Phi) is 5.61. The van der Waals surface area contributed by atoms with Gasteiger partial charge in [0.05, 0.1) is 10.8 Å². The first-order valence-electron chi connectivity index (χ1n) is 7.84. The van der Waals surface area contributed by atoms with Crippen LogP contribution < -0.4 is 10.0 Å². The summed E-state index contributed by atoms with van der Waals surface area (Å²) in [7, 11) is -3.87. The molecular weight excluding hydrogens is 332 g/mol. The first-order chi connectivity index (χ1) is 11.2. The fourth-order valence-corrected chi connectivity index (χ4v) is 3.80. The van der Waals surface area contributed by atoms with Gasteiger partial charge in [-0.3, -0.25) is 9.59 Å². The van der Waals surface area contributed by atoms with E-state index in [4.69, 9.17) is 0 Å². The Balaban J connectivity index is 2.17. The van der Waals surface area contributed by atoms with Crippen molar-refractivity contribution >= 4 is 21.9 Å². The Morgan fingerprint density at radius 1 is 1.38 bits per heavy atom. The second-order valence-corrected chi connectivity index (χ2v) is 8.11. The molecule has 2 rings (SSSR count). The number of carboxylic acids is 1. The van der Waals surface area contributed by atoms with E-state index in [1.807, 2.05) is 13.8 Å². The molecule has 0 saturated heterocycles. The summed E-state index contributed by atoms with van der Waals surface area (Å²) >= 11 is 0. The molecule has 0 aromatic heterocycles. The van der Waals surface area contributed by atoms with Crippen molar-refractivity contribution in [3.63, 3.8) is 0 Å². The Labute approximate surface area is 141 Å². The zero-order chi connectivity index (χ0) is 17.9. The molecule has 1 amide bonds. The van der Waals surface area contributed by atoms with Gasteiger partial charge in [0.25, 0.3) is 5.91 Å². The van der Waals surface area contributed by atoms with Crippen molar-refractivity contribution in [2.75, 3.05) is 13.1 Å². The molecule has 1 aliphatic rings. The molecule has 1 aliphatic heterocycles. The number of hydrogen-bond donors (Lipinski definition) is 3. The van der Waals surface area contributed by atoms with Crippen molar-refractivity contribution in [3.8, 4) is 0 Å². The van der Waals surface area contributed by atoms with Crippen LogP contribution in [0.3, 0.4) is 0 Å². The van der Waals surface area contributed by atoms with Crippen LogP contribution in [0.2, 0.25) is 0 Å². The molecule has 1 atom stereocenters. The van der Waals surface area contributed by atoms with Crippen LogP contribution in [0.5, 0.6) is 0 Å². The number of aliphatic carboxylic acids is 1. The molecule has 3 N–H and O–H groups in total. The van der Waals surface area contributed by atoms with Gasteiger partial charge >= 0.3 is 5.97 Å². The van der Waals surface area contributed by atoms with E-state index in [1.165, 1.54) is 12.1 Å². The van der Waals surface area contributed by atoms with Gasteiger partial charge in [0.2, 0.25) is 10.0 Å². The zero-order valence-electron chi connectivity index (χ0n) is 13.7. The monoisotopic (exact) mass is 354 g/mol. The normalized spacial score (nSPS) is 15.7. The average Bonchev–Trinajstić information content (AvgIpc) is 2.51. The molecule has 24 heavy (non-hydrogen) atoms. The van der Waals surface area contributed by atoms with Crippen molar-refractivity contribution in [2.45, 2.75) is 31.6 Å². The third-order valence-electron chi connectivity index (χ3n) is 3.94. The number of rotatable bonds is 7. The highest BCUT2D eigenvalue weighted by Crippen LogP contribution is 2.19. The first kappa shape index (κ1) is 18.4. The van der Waals surface area contributed by atoms with Crippen LogP contribution in [-0.2, 0) is 21.2 Å². The lowest BCUT2D eigenvalue weighted by Gasteiger charge is -2.18. The topological polar surface area (TPSA) is 113 Å². The van der Waals surface area contributed by atoms with Crippen molar-refractivity contribution < 1.29 is 23.1 Å². The van der Waals surface area contributed by atoms with Crippen molar-refractivity contribution in [2.24, 2.45) is 11.8 Å². The lowest BCUT2D eigenvalue weighted by molar-refractivity contribution is -0.142. The Morgan fingerprint density at radius 2 is 2.08 bits per heavy atom. The van der Waals surface area contributed by atoms with Gasteiger partial charge in [-0.15, -0.1) is 0 Å². The highest BCUT2D eigenvalue weighted by molar-refractivity contribution is 7.89. The van der Waals surface area contributed by atoms with Crippen LogP contribution in [0, 0.1) is 11.8 Å². The molecule has 0 fully saturated rings. The van der Waals surface area contributed by atoms with E-state index in [9.17, 15) is 23.1 Å². The number of carboxylic acid groups (broad SMARTS) is 1. The number of carbonyl (C=O) groups is 2. The van der Waals surface area contributed by atoms with Gasteiger partial charge in [0, 0.05) is 18.7 Å². The van der Waals surface area contributed by atoms with E-state index in [1.54, 1.807) is 6.07 Å². The molecule has 7 nitrogen and oxygen atoms in total. The summed E-state index contributed by atoms with van der Waals surface area (Å²) in [4.78, 5) is 23.0. The minimum atomic E-state index is -3.87. The molecule has 1 aromatic rings.